The van der Waals surface area contributed by atoms with Crippen molar-refractivity contribution in [3.05, 3.63) is 64.7 Å². The van der Waals surface area contributed by atoms with Gasteiger partial charge in [-0.05, 0) is 48.4 Å². The van der Waals surface area contributed by atoms with E-state index in [9.17, 15) is 4.79 Å². The third-order valence-corrected chi connectivity index (χ3v) is 4.15. The summed E-state index contributed by atoms with van der Waals surface area (Å²) in [6, 6.07) is 15.5. The summed E-state index contributed by atoms with van der Waals surface area (Å²) in [5, 5.41) is 7.01. The maximum atomic E-state index is 11.9. The Morgan fingerprint density at radius 3 is 2.75 bits per heavy atom. The lowest BCUT2D eigenvalue weighted by molar-refractivity contribution is -0.123. The van der Waals surface area contributed by atoms with Crippen LogP contribution >= 0.6 is 24.0 Å². The van der Waals surface area contributed by atoms with E-state index in [2.05, 4.69) is 28.8 Å². The summed E-state index contributed by atoms with van der Waals surface area (Å²) in [5.74, 6) is 0.496. The molecule has 0 saturated heterocycles. The van der Waals surface area contributed by atoms with Crippen LogP contribution in [0.15, 0.2) is 48.5 Å². The minimum absolute atomic E-state index is 0. The quantitative estimate of drug-likeness (QED) is 0.854. The van der Waals surface area contributed by atoms with Crippen molar-refractivity contribution in [1.29, 1.82) is 0 Å². The minimum atomic E-state index is -0.134. The van der Waals surface area contributed by atoms with Crippen LogP contribution in [-0.4, -0.2) is 25.6 Å². The number of hydrogen-bond donors (Lipinski definition) is 2. The molecule has 1 atom stereocenters. The van der Waals surface area contributed by atoms with Crippen molar-refractivity contribution in [3.8, 4) is 5.75 Å². The lowest BCUT2D eigenvalue weighted by atomic mass is 9.94. The molecule has 1 amide bonds. The van der Waals surface area contributed by atoms with Gasteiger partial charge in [0.25, 0.3) is 5.91 Å². The van der Waals surface area contributed by atoms with Gasteiger partial charge in [0.1, 0.15) is 5.75 Å². The first kappa shape index (κ1) is 18.6. The van der Waals surface area contributed by atoms with E-state index < -0.39 is 0 Å². The molecule has 24 heavy (non-hydrogen) atoms. The normalized spacial score (nSPS) is 15.8. The maximum Gasteiger partial charge on any atom is 0.258 e. The molecule has 0 bridgehead atoms. The van der Waals surface area contributed by atoms with Gasteiger partial charge in [0, 0.05) is 17.6 Å². The van der Waals surface area contributed by atoms with Crippen molar-refractivity contribution in [2.24, 2.45) is 0 Å². The second-order valence-corrected chi connectivity index (χ2v) is 5.94. The van der Waals surface area contributed by atoms with Crippen LogP contribution in [0.1, 0.15) is 17.2 Å². The Labute approximate surface area is 153 Å². The highest BCUT2D eigenvalue weighted by Gasteiger charge is 2.19. The highest BCUT2D eigenvalue weighted by Crippen LogP contribution is 2.21. The standard InChI is InChI=1S/C18H19ClN2O2.ClH/c19-14-5-7-15(8-6-14)23-12-18(22)21-11-17-16-4-2-1-3-13(16)9-10-20-17;/h1-8,17,20H,9-12H2,(H,21,22);1H. The van der Waals surface area contributed by atoms with Crippen molar-refractivity contribution in [1.82, 2.24) is 10.6 Å². The molecule has 1 aliphatic rings. The van der Waals surface area contributed by atoms with Crippen LogP contribution < -0.4 is 15.4 Å². The predicted octanol–water partition coefficient (Wildman–Crippen LogP) is 3.14. The predicted molar refractivity (Wildman–Crippen MR) is 98.1 cm³/mol. The first-order valence-corrected chi connectivity index (χ1v) is 8.06. The number of amides is 1. The van der Waals surface area contributed by atoms with E-state index >= 15 is 0 Å². The van der Waals surface area contributed by atoms with Gasteiger partial charge in [-0.3, -0.25) is 4.79 Å². The fraction of sp³-hybridized carbons (Fsp3) is 0.278. The lowest BCUT2D eigenvalue weighted by Crippen LogP contribution is -2.40. The van der Waals surface area contributed by atoms with Crippen molar-refractivity contribution in [2.45, 2.75) is 12.5 Å². The molecule has 1 heterocycles. The fourth-order valence-corrected chi connectivity index (χ4v) is 2.85. The average Bonchev–Trinajstić information content (AvgIpc) is 2.59. The third-order valence-electron chi connectivity index (χ3n) is 3.90. The smallest absolute Gasteiger partial charge is 0.258 e. The van der Waals surface area contributed by atoms with E-state index in [4.69, 9.17) is 16.3 Å². The molecule has 1 aliphatic heterocycles. The summed E-state index contributed by atoms with van der Waals surface area (Å²) in [4.78, 5) is 11.9. The largest absolute Gasteiger partial charge is 0.484 e. The summed E-state index contributed by atoms with van der Waals surface area (Å²) in [5.41, 5.74) is 2.61. The summed E-state index contributed by atoms with van der Waals surface area (Å²) < 4.78 is 5.44. The number of nitrogens with one attached hydrogen (secondary N) is 2. The van der Waals surface area contributed by atoms with Gasteiger partial charge in [-0.25, -0.2) is 0 Å². The van der Waals surface area contributed by atoms with Crippen molar-refractivity contribution < 1.29 is 9.53 Å². The number of carbonyl (C=O) groups is 1. The number of ether oxygens (including phenoxy) is 1. The SMILES string of the molecule is Cl.O=C(COc1ccc(Cl)cc1)NCC1NCCc2ccccc21. The Balaban J connectivity index is 0.00000208. The first-order chi connectivity index (χ1) is 11.2. The van der Waals surface area contributed by atoms with Gasteiger partial charge < -0.3 is 15.4 Å². The summed E-state index contributed by atoms with van der Waals surface area (Å²) >= 11 is 5.81. The molecule has 0 radical (unpaired) electrons. The van der Waals surface area contributed by atoms with Gasteiger partial charge in [-0.2, -0.15) is 0 Å². The van der Waals surface area contributed by atoms with Crippen molar-refractivity contribution >= 4 is 29.9 Å². The van der Waals surface area contributed by atoms with Gasteiger partial charge >= 0.3 is 0 Å². The molecule has 1 unspecified atom stereocenters. The molecule has 128 valence electrons. The van der Waals surface area contributed by atoms with Crippen LogP contribution in [0, 0.1) is 0 Å². The third kappa shape index (κ3) is 4.87. The number of carbonyl (C=O) groups excluding carboxylic acids is 1. The molecule has 0 saturated carbocycles. The van der Waals surface area contributed by atoms with Crippen LogP contribution in [0.3, 0.4) is 0 Å². The zero-order valence-electron chi connectivity index (χ0n) is 13.1. The Bertz CT molecular complexity index is 677. The van der Waals surface area contributed by atoms with E-state index in [1.165, 1.54) is 11.1 Å². The Hall–Kier alpha value is -1.75. The van der Waals surface area contributed by atoms with Crippen LogP contribution in [-0.2, 0) is 11.2 Å². The first-order valence-electron chi connectivity index (χ1n) is 7.68. The topological polar surface area (TPSA) is 50.4 Å². The highest BCUT2D eigenvalue weighted by atomic mass is 35.5. The van der Waals surface area contributed by atoms with E-state index in [-0.39, 0.29) is 31.0 Å². The van der Waals surface area contributed by atoms with Gasteiger partial charge in [0.2, 0.25) is 0 Å². The Morgan fingerprint density at radius 2 is 1.96 bits per heavy atom. The second kappa shape index (κ2) is 8.92. The van der Waals surface area contributed by atoms with E-state index in [0.717, 1.165) is 13.0 Å². The molecule has 0 aliphatic carbocycles. The Morgan fingerprint density at radius 1 is 1.21 bits per heavy atom. The van der Waals surface area contributed by atoms with Crippen LogP contribution in [0.2, 0.25) is 5.02 Å². The van der Waals surface area contributed by atoms with Crippen LogP contribution in [0.5, 0.6) is 5.75 Å². The molecule has 2 aromatic rings. The fourth-order valence-electron chi connectivity index (χ4n) is 2.72. The number of rotatable bonds is 5. The summed E-state index contributed by atoms with van der Waals surface area (Å²) in [7, 11) is 0. The van der Waals surface area contributed by atoms with E-state index in [1.54, 1.807) is 24.3 Å². The number of hydrogen-bond acceptors (Lipinski definition) is 3. The van der Waals surface area contributed by atoms with Gasteiger partial charge in [-0.15, -0.1) is 12.4 Å². The Kier molecular flexibility index (Phi) is 6.91. The molecule has 0 spiro atoms. The highest BCUT2D eigenvalue weighted by molar-refractivity contribution is 6.30. The number of halogens is 2. The molecule has 0 fully saturated rings. The summed E-state index contributed by atoms with van der Waals surface area (Å²) in [6.07, 6.45) is 1.03. The van der Waals surface area contributed by atoms with Crippen LogP contribution in [0.4, 0.5) is 0 Å². The monoisotopic (exact) mass is 366 g/mol. The molecule has 2 aromatic carbocycles. The second-order valence-electron chi connectivity index (χ2n) is 5.50. The van der Waals surface area contributed by atoms with Gasteiger partial charge in [0.15, 0.2) is 6.61 Å². The maximum absolute atomic E-state index is 11.9. The average molecular weight is 367 g/mol. The molecular formula is C18H20Cl2N2O2. The summed E-state index contributed by atoms with van der Waals surface area (Å²) in [6.45, 7) is 1.48. The lowest BCUT2D eigenvalue weighted by Gasteiger charge is -2.27. The van der Waals surface area contributed by atoms with Crippen molar-refractivity contribution in [2.75, 3.05) is 19.7 Å². The molecule has 6 heteroatoms. The minimum Gasteiger partial charge on any atom is -0.484 e. The molecule has 3 rings (SSSR count). The molecular weight excluding hydrogens is 347 g/mol. The van der Waals surface area contributed by atoms with E-state index in [1.807, 2.05) is 6.07 Å². The zero-order valence-corrected chi connectivity index (χ0v) is 14.7. The zero-order chi connectivity index (χ0) is 16.1. The molecule has 0 aromatic heterocycles. The number of benzene rings is 2. The molecule has 4 nitrogen and oxygen atoms in total. The van der Waals surface area contributed by atoms with Crippen molar-refractivity contribution in [3.63, 3.8) is 0 Å². The van der Waals surface area contributed by atoms with Crippen LogP contribution in [0.25, 0.3) is 0 Å². The van der Waals surface area contributed by atoms with Gasteiger partial charge in [-0.1, -0.05) is 35.9 Å². The van der Waals surface area contributed by atoms with E-state index in [0.29, 0.717) is 17.3 Å². The number of fused-ring (bicyclic) bond motifs is 1. The molecule has 2 N–H and O–H groups in total. The van der Waals surface area contributed by atoms with Gasteiger partial charge in [0.05, 0.1) is 0 Å².